The molecule has 0 bridgehead atoms. The third kappa shape index (κ3) is 4.55. The average molecular weight is 507 g/mol. The minimum Gasteiger partial charge on any atom is -0.507 e. The molecular formula is C28H27FN2O6. The molecule has 37 heavy (non-hydrogen) atoms. The fraction of sp³-hybridized carbons (Fsp3) is 0.214. The number of aliphatic hydroxyl groups excluding tert-OH is 1. The van der Waals surface area contributed by atoms with Crippen LogP contribution in [0.25, 0.3) is 5.76 Å². The van der Waals surface area contributed by atoms with Gasteiger partial charge in [-0.05, 0) is 60.2 Å². The highest BCUT2D eigenvalue weighted by Gasteiger charge is 2.47. The Kier molecular flexibility index (Phi) is 7.06. The second-order valence-electron chi connectivity index (χ2n) is 8.54. The fourth-order valence-electron chi connectivity index (χ4n) is 4.36. The maximum atomic E-state index is 14.2. The van der Waals surface area contributed by atoms with Crippen molar-refractivity contribution in [3.63, 3.8) is 0 Å². The summed E-state index contributed by atoms with van der Waals surface area (Å²) in [7, 11) is 8.09. The van der Waals surface area contributed by atoms with Gasteiger partial charge >= 0.3 is 0 Å². The van der Waals surface area contributed by atoms with Gasteiger partial charge in [0, 0.05) is 25.5 Å². The molecule has 4 rings (SSSR count). The molecule has 0 saturated carbocycles. The molecule has 1 heterocycles. The van der Waals surface area contributed by atoms with Crippen LogP contribution >= 0.6 is 0 Å². The van der Waals surface area contributed by atoms with E-state index in [4.69, 9.17) is 14.2 Å². The lowest BCUT2D eigenvalue weighted by Gasteiger charge is -2.26. The van der Waals surface area contributed by atoms with Crippen molar-refractivity contribution < 1.29 is 33.3 Å². The Morgan fingerprint density at radius 3 is 2.08 bits per heavy atom. The molecule has 0 aromatic heterocycles. The summed E-state index contributed by atoms with van der Waals surface area (Å²) in [4.78, 5) is 30.0. The number of halogens is 1. The van der Waals surface area contributed by atoms with Gasteiger partial charge in [0.1, 0.15) is 17.3 Å². The molecule has 9 heteroatoms. The largest absolute Gasteiger partial charge is 0.507 e. The van der Waals surface area contributed by atoms with Gasteiger partial charge in [0.15, 0.2) is 11.5 Å². The number of aliphatic hydroxyl groups is 1. The molecule has 3 aromatic carbocycles. The second-order valence-corrected chi connectivity index (χ2v) is 8.54. The van der Waals surface area contributed by atoms with Crippen LogP contribution in [0.15, 0.2) is 66.2 Å². The van der Waals surface area contributed by atoms with Crippen LogP contribution in [0.3, 0.4) is 0 Å². The average Bonchev–Trinajstić information content (AvgIpc) is 3.17. The Balaban J connectivity index is 1.98. The van der Waals surface area contributed by atoms with Gasteiger partial charge in [0.25, 0.3) is 11.7 Å². The fourth-order valence-corrected chi connectivity index (χ4v) is 4.36. The maximum Gasteiger partial charge on any atom is 0.300 e. The van der Waals surface area contributed by atoms with E-state index in [0.29, 0.717) is 22.7 Å². The first kappa shape index (κ1) is 25.6. The molecule has 0 aliphatic carbocycles. The number of carbonyl (C=O) groups excluding carboxylic acids is 2. The van der Waals surface area contributed by atoms with E-state index in [9.17, 15) is 19.1 Å². The predicted octanol–water partition coefficient (Wildman–Crippen LogP) is 4.54. The molecule has 1 unspecified atom stereocenters. The number of ketones is 1. The summed E-state index contributed by atoms with van der Waals surface area (Å²) in [6.45, 7) is 0. The predicted molar refractivity (Wildman–Crippen MR) is 138 cm³/mol. The van der Waals surface area contributed by atoms with Crippen LogP contribution in [0.1, 0.15) is 17.2 Å². The zero-order chi connectivity index (χ0) is 26.9. The molecule has 1 atom stereocenters. The normalized spacial score (nSPS) is 16.6. The van der Waals surface area contributed by atoms with Gasteiger partial charge in [0.05, 0.1) is 38.5 Å². The molecule has 3 aromatic rings. The molecule has 0 spiro atoms. The number of rotatable bonds is 7. The molecule has 1 aliphatic rings. The first-order chi connectivity index (χ1) is 17.7. The molecular weight excluding hydrogens is 479 g/mol. The Labute approximate surface area is 214 Å². The Bertz CT molecular complexity index is 1380. The number of nitrogens with zero attached hydrogens (tertiary/aromatic N) is 2. The standard InChI is InChI=1S/C28H27FN2O6/c1-30(2)18-8-10-19(11-9-18)31-25(16-6-12-22(36-4)23(14-16)37-5)24(27(33)28(31)34)26(32)20-15-17(29)7-13-21(20)35-3/h6-15,25,32H,1-5H3/b26-24+. The van der Waals surface area contributed by atoms with Gasteiger partial charge < -0.3 is 24.2 Å². The van der Waals surface area contributed by atoms with Gasteiger partial charge in [-0.3, -0.25) is 14.5 Å². The summed E-state index contributed by atoms with van der Waals surface area (Å²) in [5, 5.41) is 11.4. The van der Waals surface area contributed by atoms with Crippen molar-refractivity contribution in [2.75, 3.05) is 45.2 Å². The van der Waals surface area contributed by atoms with Crippen molar-refractivity contribution in [1.29, 1.82) is 0 Å². The molecule has 1 aliphatic heterocycles. The molecule has 8 nitrogen and oxygen atoms in total. The van der Waals surface area contributed by atoms with Crippen molar-refractivity contribution in [3.8, 4) is 17.2 Å². The van der Waals surface area contributed by atoms with Gasteiger partial charge in [-0.15, -0.1) is 0 Å². The second kappa shape index (κ2) is 10.2. The van der Waals surface area contributed by atoms with E-state index in [-0.39, 0.29) is 16.9 Å². The summed E-state index contributed by atoms with van der Waals surface area (Å²) in [5.41, 5.74) is 1.56. The number of hydrogen-bond acceptors (Lipinski definition) is 7. The van der Waals surface area contributed by atoms with Crippen LogP contribution in [0, 0.1) is 5.82 Å². The Morgan fingerprint density at radius 2 is 1.49 bits per heavy atom. The molecule has 0 radical (unpaired) electrons. The monoisotopic (exact) mass is 506 g/mol. The molecule has 1 amide bonds. The van der Waals surface area contributed by atoms with Gasteiger partial charge in [-0.2, -0.15) is 0 Å². The number of carbonyl (C=O) groups is 2. The van der Waals surface area contributed by atoms with Crippen molar-refractivity contribution in [2.45, 2.75) is 6.04 Å². The van der Waals surface area contributed by atoms with E-state index in [2.05, 4.69) is 0 Å². The third-order valence-corrected chi connectivity index (χ3v) is 6.23. The van der Waals surface area contributed by atoms with Gasteiger partial charge in [0.2, 0.25) is 0 Å². The third-order valence-electron chi connectivity index (χ3n) is 6.23. The number of Topliss-reactive ketones (excluding diaryl/α,β-unsaturated/α-hetero) is 1. The summed E-state index contributed by atoms with van der Waals surface area (Å²) in [6.07, 6.45) is 0. The highest BCUT2D eigenvalue weighted by Crippen LogP contribution is 2.45. The smallest absolute Gasteiger partial charge is 0.300 e. The van der Waals surface area contributed by atoms with E-state index in [0.717, 1.165) is 11.8 Å². The first-order valence-corrected chi connectivity index (χ1v) is 11.4. The first-order valence-electron chi connectivity index (χ1n) is 11.4. The molecule has 1 saturated heterocycles. The van der Waals surface area contributed by atoms with E-state index in [1.165, 1.54) is 38.4 Å². The maximum absolute atomic E-state index is 14.2. The SMILES string of the molecule is COc1ccc(C2/C(=C(\O)c3cc(F)ccc3OC)C(=O)C(=O)N2c2ccc(N(C)C)cc2)cc1OC. The minimum atomic E-state index is -1.04. The van der Waals surface area contributed by atoms with E-state index in [1.807, 2.05) is 31.1 Å². The van der Waals surface area contributed by atoms with Crippen molar-refractivity contribution >= 4 is 28.8 Å². The zero-order valence-corrected chi connectivity index (χ0v) is 21.1. The lowest BCUT2D eigenvalue weighted by molar-refractivity contribution is -0.132. The van der Waals surface area contributed by atoms with E-state index < -0.39 is 29.3 Å². The lowest BCUT2D eigenvalue weighted by Crippen LogP contribution is -2.29. The Hall–Kier alpha value is -4.53. The topological polar surface area (TPSA) is 88.5 Å². The number of anilines is 2. The molecule has 1 N–H and O–H groups in total. The summed E-state index contributed by atoms with van der Waals surface area (Å²) in [6, 6.07) is 14.5. The number of amides is 1. The van der Waals surface area contributed by atoms with Crippen LogP contribution < -0.4 is 24.0 Å². The highest BCUT2D eigenvalue weighted by atomic mass is 19.1. The van der Waals surface area contributed by atoms with Gasteiger partial charge in [-0.1, -0.05) is 6.07 Å². The van der Waals surface area contributed by atoms with Crippen LogP contribution in [-0.2, 0) is 9.59 Å². The van der Waals surface area contributed by atoms with Crippen molar-refractivity contribution in [2.24, 2.45) is 0 Å². The number of benzene rings is 3. The number of methoxy groups -OCH3 is 3. The van der Waals surface area contributed by atoms with E-state index >= 15 is 0 Å². The van der Waals surface area contributed by atoms with Crippen LogP contribution in [0.4, 0.5) is 15.8 Å². The number of ether oxygens (including phenoxy) is 3. The van der Waals surface area contributed by atoms with E-state index in [1.54, 1.807) is 30.3 Å². The highest BCUT2D eigenvalue weighted by molar-refractivity contribution is 6.51. The van der Waals surface area contributed by atoms with Crippen molar-refractivity contribution in [3.05, 3.63) is 83.2 Å². The van der Waals surface area contributed by atoms with Gasteiger partial charge in [-0.25, -0.2) is 4.39 Å². The summed E-state index contributed by atoms with van der Waals surface area (Å²) in [5.74, 6) is -1.98. The van der Waals surface area contributed by atoms with Crippen LogP contribution in [-0.4, -0.2) is 52.2 Å². The van der Waals surface area contributed by atoms with Crippen LogP contribution in [0.2, 0.25) is 0 Å². The molecule has 192 valence electrons. The minimum absolute atomic E-state index is 0.0473. The lowest BCUT2D eigenvalue weighted by atomic mass is 9.94. The summed E-state index contributed by atoms with van der Waals surface area (Å²) >= 11 is 0. The molecule has 1 fully saturated rings. The quantitative estimate of drug-likeness (QED) is 0.286. The summed E-state index contributed by atoms with van der Waals surface area (Å²) < 4.78 is 30.2. The zero-order valence-electron chi connectivity index (χ0n) is 21.1. The van der Waals surface area contributed by atoms with Crippen LogP contribution in [0.5, 0.6) is 17.2 Å². The number of hydrogen-bond donors (Lipinski definition) is 1. The Morgan fingerprint density at radius 1 is 0.865 bits per heavy atom. The van der Waals surface area contributed by atoms with Crippen molar-refractivity contribution in [1.82, 2.24) is 0 Å².